The molecule has 3 N–H and O–H groups in total. The maximum atomic E-state index is 5.87. The largest absolute Gasteiger partial charge is 0.324 e. The summed E-state index contributed by atoms with van der Waals surface area (Å²) in [6, 6.07) is 0.161. The van der Waals surface area contributed by atoms with Crippen molar-refractivity contribution in [3.05, 3.63) is 18.0 Å². The van der Waals surface area contributed by atoms with E-state index in [-0.39, 0.29) is 6.04 Å². The van der Waals surface area contributed by atoms with Gasteiger partial charge < -0.3 is 5.73 Å². The van der Waals surface area contributed by atoms with E-state index in [1.54, 1.807) is 6.20 Å². The lowest BCUT2D eigenvalue weighted by molar-refractivity contribution is 0.604. The van der Waals surface area contributed by atoms with Gasteiger partial charge in [-0.15, -0.1) is 0 Å². The van der Waals surface area contributed by atoms with E-state index in [2.05, 4.69) is 17.1 Å². The average Bonchev–Trinajstić information content (AvgIpc) is 2.52. The summed E-state index contributed by atoms with van der Waals surface area (Å²) >= 11 is 0. The normalized spacial score (nSPS) is 13.3. The van der Waals surface area contributed by atoms with E-state index < -0.39 is 0 Å². The summed E-state index contributed by atoms with van der Waals surface area (Å²) in [5.41, 5.74) is 6.98. The van der Waals surface area contributed by atoms with E-state index >= 15 is 0 Å². The highest BCUT2D eigenvalue weighted by Crippen LogP contribution is 2.14. The van der Waals surface area contributed by atoms with Gasteiger partial charge in [0.2, 0.25) is 0 Å². The molecule has 0 spiro atoms. The molecule has 0 saturated heterocycles. The Kier molecular flexibility index (Phi) is 3.11. The van der Waals surface area contributed by atoms with Crippen molar-refractivity contribution in [3.63, 3.8) is 0 Å². The first kappa shape index (κ1) is 8.27. The first-order chi connectivity index (χ1) is 5.34. The van der Waals surface area contributed by atoms with Crippen molar-refractivity contribution in [3.8, 4) is 0 Å². The number of nitrogens with zero attached hydrogens (tertiary/aromatic N) is 1. The van der Waals surface area contributed by atoms with Crippen molar-refractivity contribution < 1.29 is 0 Å². The maximum absolute atomic E-state index is 5.87. The quantitative estimate of drug-likeness (QED) is 0.690. The number of rotatable bonds is 4. The summed E-state index contributed by atoms with van der Waals surface area (Å²) in [6.07, 6.45) is 7.09. The Labute approximate surface area is 67.0 Å². The monoisotopic (exact) mass is 153 g/mol. The third kappa shape index (κ3) is 2.35. The minimum Gasteiger partial charge on any atom is -0.324 e. The molecule has 1 heterocycles. The molecule has 3 heteroatoms. The third-order valence-corrected chi connectivity index (χ3v) is 1.82. The van der Waals surface area contributed by atoms with Crippen LogP contribution in [0.5, 0.6) is 0 Å². The van der Waals surface area contributed by atoms with Crippen molar-refractivity contribution in [2.75, 3.05) is 0 Å². The topological polar surface area (TPSA) is 54.7 Å². The number of hydrogen-bond donors (Lipinski definition) is 2. The number of hydrogen-bond acceptors (Lipinski definition) is 2. The molecule has 0 aliphatic carbocycles. The molecule has 1 atom stereocenters. The van der Waals surface area contributed by atoms with Crippen molar-refractivity contribution in [2.45, 2.75) is 32.2 Å². The zero-order chi connectivity index (χ0) is 8.10. The Morgan fingerprint density at radius 2 is 2.55 bits per heavy atom. The second-order valence-electron chi connectivity index (χ2n) is 2.78. The molecule has 0 saturated carbocycles. The number of nitrogens with two attached hydrogens (primary N) is 1. The highest BCUT2D eigenvalue weighted by atomic mass is 15.1. The van der Waals surface area contributed by atoms with Crippen LogP contribution in [0, 0.1) is 0 Å². The highest BCUT2D eigenvalue weighted by molar-refractivity contribution is 5.07. The van der Waals surface area contributed by atoms with E-state index in [1.807, 2.05) is 6.20 Å². The van der Waals surface area contributed by atoms with Crippen LogP contribution >= 0.6 is 0 Å². The molecular formula is C8H15N3. The van der Waals surface area contributed by atoms with Gasteiger partial charge in [-0.1, -0.05) is 19.8 Å². The van der Waals surface area contributed by atoms with E-state index in [4.69, 9.17) is 5.73 Å². The van der Waals surface area contributed by atoms with Crippen LogP contribution in [0.4, 0.5) is 0 Å². The standard InChI is InChI=1S/C8H15N3/c1-2-3-4-8(9)7-5-10-11-6-7/h5-6,8H,2-4,9H2,1H3,(H,10,11). The van der Waals surface area contributed by atoms with Gasteiger partial charge in [0.15, 0.2) is 0 Å². The minimum absolute atomic E-state index is 0.161. The molecule has 0 aliphatic heterocycles. The Hall–Kier alpha value is -0.830. The van der Waals surface area contributed by atoms with Crippen molar-refractivity contribution in [1.29, 1.82) is 0 Å². The van der Waals surface area contributed by atoms with Gasteiger partial charge in [0.1, 0.15) is 0 Å². The van der Waals surface area contributed by atoms with Crippen LogP contribution in [0.2, 0.25) is 0 Å². The molecule has 0 bridgehead atoms. The fourth-order valence-electron chi connectivity index (χ4n) is 1.05. The number of aromatic nitrogens is 2. The van der Waals surface area contributed by atoms with E-state index in [1.165, 1.54) is 12.8 Å². The van der Waals surface area contributed by atoms with Gasteiger partial charge in [-0.3, -0.25) is 5.10 Å². The van der Waals surface area contributed by atoms with Crippen LogP contribution in [0.25, 0.3) is 0 Å². The summed E-state index contributed by atoms with van der Waals surface area (Å²) in [7, 11) is 0. The van der Waals surface area contributed by atoms with Gasteiger partial charge >= 0.3 is 0 Å². The minimum atomic E-state index is 0.161. The second-order valence-corrected chi connectivity index (χ2v) is 2.78. The SMILES string of the molecule is CCCCC(N)c1cn[nH]c1. The van der Waals surface area contributed by atoms with Crippen LogP contribution in [0.1, 0.15) is 37.8 Å². The van der Waals surface area contributed by atoms with Gasteiger partial charge in [0, 0.05) is 17.8 Å². The lowest BCUT2D eigenvalue weighted by Crippen LogP contribution is -2.08. The molecule has 0 amide bonds. The van der Waals surface area contributed by atoms with Gasteiger partial charge in [-0.05, 0) is 6.42 Å². The van der Waals surface area contributed by atoms with Crippen LogP contribution in [0.15, 0.2) is 12.4 Å². The van der Waals surface area contributed by atoms with Gasteiger partial charge in [-0.2, -0.15) is 5.10 Å². The molecule has 0 aromatic carbocycles. The molecule has 1 rings (SSSR count). The number of nitrogens with one attached hydrogen (secondary N) is 1. The maximum Gasteiger partial charge on any atom is 0.0535 e. The highest BCUT2D eigenvalue weighted by Gasteiger charge is 2.04. The third-order valence-electron chi connectivity index (χ3n) is 1.82. The zero-order valence-electron chi connectivity index (χ0n) is 6.88. The Bertz CT molecular complexity index is 181. The van der Waals surface area contributed by atoms with Crippen LogP contribution in [-0.2, 0) is 0 Å². The molecule has 1 aromatic rings. The fourth-order valence-corrected chi connectivity index (χ4v) is 1.05. The van der Waals surface area contributed by atoms with Gasteiger partial charge in [0.05, 0.1) is 6.20 Å². The number of unbranched alkanes of at least 4 members (excludes halogenated alkanes) is 1. The van der Waals surface area contributed by atoms with Crippen molar-refractivity contribution >= 4 is 0 Å². The van der Waals surface area contributed by atoms with Gasteiger partial charge in [0.25, 0.3) is 0 Å². The van der Waals surface area contributed by atoms with Crippen LogP contribution < -0.4 is 5.73 Å². The van der Waals surface area contributed by atoms with Crippen LogP contribution in [0.3, 0.4) is 0 Å². The van der Waals surface area contributed by atoms with Crippen molar-refractivity contribution in [1.82, 2.24) is 10.2 Å². The molecule has 62 valence electrons. The Balaban J connectivity index is 2.36. The van der Waals surface area contributed by atoms with E-state index in [0.29, 0.717) is 0 Å². The fraction of sp³-hybridized carbons (Fsp3) is 0.625. The summed E-state index contributed by atoms with van der Waals surface area (Å²) in [5.74, 6) is 0. The van der Waals surface area contributed by atoms with E-state index in [9.17, 15) is 0 Å². The molecule has 0 radical (unpaired) electrons. The lowest BCUT2D eigenvalue weighted by Gasteiger charge is -2.06. The number of H-pyrrole nitrogens is 1. The molecule has 0 fully saturated rings. The molecule has 1 aromatic heterocycles. The Morgan fingerprint density at radius 1 is 1.73 bits per heavy atom. The predicted molar refractivity (Wildman–Crippen MR) is 45.0 cm³/mol. The molecule has 11 heavy (non-hydrogen) atoms. The molecular weight excluding hydrogens is 138 g/mol. The first-order valence-electron chi connectivity index (χ1n) is 4.09. The molecule has 1 unspecified atom stereocenters. The molecule has 0 aliphatic rings. The summed E-state index contributed by atoms with van der Waals surface area (Å²) in [5, 5.41) is 6.60. The second kappa shape index (κ2) is 4.13. The number of aromatic amines is 1. The smallest absolute Gasteiger partial charge is 0.0535 e. The lowest BCUT2D eigenvalue weighted by atomic mass is 10.1. The molecule has 3 nitrogen and oxygen atoms in total. The van der Waals surface area contributed by atoms with E-state index in [0.717, 1.165) is 12.0 Å². The summed E-state index contributed by atoms with van der Waals surface area (Å²) < 4.78 is 0. The Morgan fingerprint density at radius 3 is 3.09 bits per heavy atom. The summed E-state index contributed by atoms with van der Waals surface area (Å²) in [6.45, 7) is 2.17. The average molecular weight is 153 g/mol. The van der Waals surface area contributed by atoms with Crippen molar-refractivity contribution in [2.24, 2.45) is 5.73 Å². The van der Waals surface area contributed by atoms with Gasteiger partial charge in [-0.25, -0.2) is 0 Å². The zero-order valence-corrected chi connectivity index (χ0v) is 6.88. The van der Waals surface area contributed by atoms with Crippen LogP contribution in [-0.4, -0.2) is 10.2 Å². The first-order valence-corrected chi connectivity index (χ1v) is 4.09. The summed E-state index contributed by atoms with van der Waals surface area (Å²) in [4.78, 5) is 0. The predicted octanol–water partition coefficient (Wildman–Crippen LogP) is 1.60.